The predicted octanol–water partition coefficient (Wildman–Crippen LogP) is 3.28. The van der Waals surface area contributed by atoms with E-state index in [0.29, 0.717) is 6.54 Å². The number of hydrogen-bond acceptors (Lipinski definition) is 4. The average Bonchev–Trinajstić information content (AvgIpc) is 2.91. The van der Waals surface area contributed by atoms with Gasteiger partial charge in [0.25, 0.3) is 0 Å². The van der Waals surface area contributed by atoms with E-state index in [4.69, 9.17) is 0 Å². The summed E-state index contributed by atoms with van der Waals surface area (Å²) < 4.78 is 2.11. The van der Waals surface area contributed by atoms with Crippen LogP contribution in [0.4, 0.5) is 0 Å². The fourth-order valence-electron chi connectivity index (χ4n) is 2.33. The van der Waals surface area contributed by atoms with Gasteiger partial charge in [0.05, 0.1) is 5.25 Å². The summed E-state index contributed by atoms with van der Waals surface area (Å²) in [7, 11) is 0. The van der Waals surface area contributed by atoms with Crippen LogP contribution in [0.3, 0.4) is 0 Å². The molecule has 6 heteroatoms. The molecule has 1 N–H and O–H groups in total. The maximum absolute atomic E-state index is 11.9. The van der Waals surface area contributed by atoms with Gasteiger partial charge in [-0.25, -0.2) is 0 Å². The molecule has 0 saturated carbocycles. The van der Waals surface area contributed by atoms with Gasteiger partial charge in [-0.1, -0.05) is 42.4 Å². The highest BCUT2D eigenvalue weighted by atomic mass is 32.2. The number of carbonyl (C=O) groups is 1. The predicted molar refractivity (Wildman–Crippen MR) is 94.5 cm³/mol. The van der Waals surface area contributed by atoms with Crippen molar-refractivity contribution in [3.63, 3.8) is 0 Å². The Kier molecular flexibility index (Phi) is 6.21. The lowest BCUT2D eigenvalue weighted by molar-refractivity contribution is -0.120. The van der Waals surface area contributed by atoms with Crippen LogP contribution in [0.1, 0.15) is 32.8 Å². The maximum atomic E-state index is 11.9. The number of nitrogens with zero attached hydrogens (tertiary/aromatic N) is 3. The van der Waals surface area contributed by atoms with Crippen LogP contribution >= 0.6 is 11.8 Å². The summed E-state index contributed by atoms with van der Waals surface area (Å²) in [5, 5.41) is 12.1. The van der Waals surface area contributed by atoms with Gasteiger partial charge < -0.3 is 9.88 Å². The maximum Gasteiger partial charge on any atom is 0.233 e. The van der Waals surface area contributed by atoms with E-state index < -0.39 is 0 Å². The van der Waals surface area contributed by atoms with E-state index >= 15 is 0 Å². The van der Waals surface area contributed by atoms with Crippen molar-refractivity contribution in [1.82, 2.24) is 20.1 Å². The number of aromatic nitrogens is 3. The fraction of sp³-hybridized carbons (Fsp3) is 0.471. The molecular weight excluding hydrogens is 308 g/mol. The summed E-state index contributed by atoms with van der Waals surface area (Å²) in [6, 6.07) is 8.25. The quantitative estimate of drug-likeness (QED) is 0.791. The van der Waals surface area contributed by atoms with Crippen molar-refractivity contribution in [3.05, 3.63) is 29.8 Å². The summed E-state index contributed by atoms with van der Waals surface area (Å²) in [6.07, 6.45) is 0.986. The van der Waals surface area contributed by atoms with Crippen LogP contribution in [0.5, 0.6) is 0 Å². The molecule has 0 aliphatic rings. The molecule has 0 bridgehead atoms. The molecule has 124 valence electrons. The van der Waals surface area contributed by atoms with Crippen LogP contribution in [-0.2, 0) is 11.3 Å². The van der Waals surface area contributed by atoms with Crippen LogP contribution in [0, 0.1) is 6.92 Å². The molecule has 0 saturated heterocycles. The Labute approximate surface area is 141 Å². The fourth-order valence-corrected chi connectivity index (χ4v) is 3.23. The molecule has 5 nitrogen and oxygen atoms in total. The van der Waals surface area contributed by atoms with Crippen LogP contribution in [0.25, 0.3) is 11.4 Å². The van der Waals surface area contributed by atoms with E-state index in [1.165, 1.54) is 17.3 Å². The second-order valence-electron chi connectivity index (χ2n) is 5.48. The zero-order valence-electron chi connectivity index (χ0n) is 14.2. The third-order valence-corrected chi connectivity index (χ3v) is 4.52. The van der Waals surface area contributed by atoms with E-state index in [9.17, 15) is 4.79 Å². The van der Waals surface area contributed by atoms with E-state index in [1.54, 1.807) is 0 Å². The van der Waals surface area contributed by atoms with Crippen molar-refractivity contribution < 1.29 is 4.79 Å². The van der Waals surface area contributed by atoms with Gasteiger partial charge >= 0.3 is 0 Å². The smallest absolute Gasteiger partial charge is 0.233 e. The molecule has 1 aromatic heterocycles. The van der Waals surface area contributed by atoms with Crippen molar-refractivity contribution in [2.24, 2.45) is 0 Å². The van der Waals surface area contributed by atoms with Crippen molar-refractivity contribution in [2.45, 2.75) is 51.1 Å². The standard InChI is InChI=1S/C17H24N4OS/c1-5-10-21-15(14-9-7-8-12(3)11-14)19-20-17(21)23-13(4)16(22)18-6-2/h7-9,11,13H,5-6,10H2,1-4H3,(H,18,22)/t13-/m0/s1. The Morgan fingerprint density at radius 3 is 2.78 bits per heavy atom. The molecule has 0 aliphatic heterocycles. The molecule has 0 unspecified atom stereocenters. The van der Waals surface area contributed by atoms with E-state index in [1.807, 2.05) is 26.0 Å². The molecule has 23 heavy (non-hydrogen) atoms. The van der Waals surface area contributed by atoms with E-state index in [-0.39, 0.29) is 11.2 Å². The Morgan fingerprint density at radius 1 is 1.35 bits per heavy atom. The topological polar surface area (TPSA) is 59.8 Å². The number of benzene rings is 1. The second-order valence-corrected chi connectivity index (χ2v) is 6.79. The minimum Gasteiger partial charge on any atom is -0.355 e. The van der Waals surface area contributed by atoms with E-state index in [2.05, 4.69) is 46.1 Å². The number of hydrogen-bond donors (Lipinski definition) is 1. The third kappa shape index (κ3) is 4.34. The lowest BCUT2D eigenvalue weighted by Crippen LogP contribution is -2.30. The Bertz CT molecular complexity index is 668. The highest BCUT2D eigenvalue weighted by molar-refractivity contribution is 8.00. The SMILES string of the molecule is CCCn1c(S[C@@H](C)C(=O)NCC)nnc1-c1cccc(C)c1. The van der Waals surface area contributed by atoms with Crippen LogP contribution in [0.2, 0.25) is 0 Å². The summed E-state index contributed by atoms with van der Waals surface area (Å²) in [5.74, 6) is 0.891. The zero-order chi connectivity index (χ0) is 16.8. The first kappa shape index (κ1) is 17.5. The lowest BCUT2D eigenvalue weighted by Gasteiger charge is -2.12. The summed E-state index contributed by atoms with van der Waals surface area (Å²) in [4.78, 5) is 11.9. The molecule has 2 rings (SSSR count). The summed E-state index contributed by atoms with van der Waals surface area (Å²) in [6.45, 7) is 9.48. The number of amides is 1. The molecule has 1 heterocycles. The Balaban J connectivity index is 2.29. The van der Waals surface area contributed by atoms with Gasteiger partial charge in [-0.15, -0.1) is 10.2 Å². The van der Waals surface area contributed by atoms with Crippen molar-refractivity contribution in [2.75, 3.05) is 6.54 Å². The monoisotopic (exact) mass is 332 g/mol. The molecule has 0 fully saturated rings. The van der Waals surface area contributed by atoms with E-state index in [0.717, 1.165) is 29.5 Å². The first-order valence-electron chi connectivity index (χ1n) is 8.01. The lowest BCUT2D eigenvalue weighted by atomic mass is 10.1. The molecule has 1 amide bonds. The van der Waals surface area contributed by atoms with Crippen molar-refractivity contribution in [1.29, 1.82) is 0 Å². The number of aryl methyl sites for hydroxylation is 1. The van der Waals surface area contributed by atoms with Gasteiger partial charge in [0.1, 0.15) is 0 Å². The average molecular weight is 332 g/mol. The van der Waals surface area contributed by atoms with Crippen molar-refractivity contribution in [3.8, 4) is 11.4 Å². The first-order chi connectivity index (χ1) is 11.1. The first-order valence-corrected chi connectivity index (χ1v) is 8.89. The van der Waals surface area contributed by atoms with Crippen LogP contribution in [0.15, 0.2) is 29.4 Å². The van der Waals surface area contributed by atoms with Gasteiger partial charge in [0.15, 0.2) is 11.0 Å². The van der Waals surface area contributed by atoms with Gasteiger partial charge in [-0.3, -0.25) is 4.79 Å². The van der Waals surface area contributed by atoms with Crippen LogP contribution in [-0.4, -0.2) is 32.5 Å². The highest BCUT2D eigenvalue weighted by Gasteiger charge is 2.20. The zero-order valence-corrected chi connectivity index (χ0v) is 15.0. The second kappa shape index (κ2) is 8.15. The molecule has 0 spiro atoms. The molecule has 1 aromatic carbocycles. The Morgan fingerprint density at radius 2 is 2.13 bits per heavy atom. The minimum absolute atomic E-state index is 0.0284. The number of rotatable bonds is 7. The number of nitrogens with one attached hydrogen (secondary N) is 1. The normalized spacial score (nSPS) is 12.2. The molecule has 0 aliphatic carbocycles. The minimum atomic E-state index is -0.194. The Hall–Kier alpha value is -1.82. The van der Waals surface area contributed by atoms with Gasteiger partial charge in [-0.05, 0) is 33.3 Å². The summed E-state index contributed by atoms with van der Waals surface area (Å²) in [5.41, 5.74) is 2.25. The highest BCUT2D eigenvalue weighted by Crippen LogP contribution is 2.27. The van der Waals surface area contributed by atoms with Crippen molar-refractivity contribution >= 4 is 17.7 Å². The third-order valence-electron chi connectivity index (χ3n) is 3.44. The molecule has 2 aromatic rings. The van der Waals surface area contributed by atoms with Gasteiger partial charge in [0, 0.05) is 18.7 Å². The molecular formula is C17H24N4OS. The summed E-state index contributed by atoms with van der Waals surface area (Å²) >= 11 is 1.46. The molecule has 0 radical (unpaired) electrons. The number of thioether (sulfide) groups is 1. The molecule has 1 atom stereocenters. The van der Waals surface area contributed by atoms with Crippen LogP contribution < -0.4 is 5.32 Å². The largest absolute Gasteiger partial charge is 0.355 e. The van der Waals surface area contributed by atoms with Gasteiger partial charge in [0.2, 0.25) is 5.91 Å². The number of carbonyl (C=O) groups excluding carboxylic acids is 1. The van der Waals surface area contributed by atoms with Gasteiger partial charge in [-0.2, -0.15) is 0 Å².